The Balaban J connectivity index is 2.07. The van der Waals surface area contributed by atoms with Crippen LogP contribution in [0.25, 0.3) is 0 Å². The number of carbonyl (C=O) groups is 1. The van der Waals surface area contributed by atoms with Gasteiger partial charge in [-0.05, 0) is 62.7 Å². The highest BCUT2D eigenvalue weighted by atomic mass is 16.5. The fourth-order valence-electron chi connectivity index (χ4n) is 2.04. The molecule has 0 aliphatic carbocycles. The molecule has 1 amide bonds. The molecule has 0 aromatic heterocycles. The molecule has 2 aromatic carbocycles. The van der Waals surface area contributed by atoms with Crippen molar-refractivity contribution in [2.45, 2.75) is 33.0 Å². The van der Waals surface area contributed by atoms with Crippen LogP contribution in [0.15, 0.2) is 48.5 Å². The number of ether oxygens (including phenoxy) is 1. The molecule has 0 bridgehead atoms. The van der Waals surface area contributed by atoms with Crippen LogP contribution >= 0.6 is 0 Å². The first-order valence-corrected chi connectivity index (χ1v) is 7.32. The van der Waals surface area contributed by atoms with E-state index in [-0.39, 0.29) is 12.0 Å². The number of carbonyl (C=O) groups excluding carboxylic acids is 1. The average Bonchev–Trinajstić information content (AvgIpc) is 2.47. The molecule has 0 unspecified atom stereocenters. The van der Waals surface area contributed by atoms with Crippen LogP contribution < -0.4 is 10.1 Å². The third-order valence-corrected chi connectivity index (χ3v) is 3.12. The van der Waals surface area contributed by atoms with Crippen molar-refractivity contribution in [2.24, 2.45) is 0 Å². The SMILES string of the molecule is CC(C)Oc1ccc(C(=O)Nc2cccc([C@@H](C)O)c2)cc1. The van der Waals surface area contributed by atoms with Crippen LogP contribution in [0.1, 0.15) is 42.8 Å². The summed E-state index contributed by atoms with van der Waals surface area (Å²) in [6.45, 7) is 5.60. The normalized spacial score (nSPS) is 12.0. The zero-order valence-corrected chi connectivity index (χ0v) is 13.0. The van der Waals surface area contributed by atoms with Gasteiger partial charge < -0.3 is 15.2 Å². The van der Waals surface area contributed by atoms with Gasteiger partial charge in [0.15, 0.2) is 0 Å². The molecule has 0 aliphatic rings. The largest absolute Gasteiger partial charge is 0.491 e. The predicted molar refractivity (Wildman–Crippen MR) is 87.2 cm³/mol. The topological polar surface area (TPSA) is 58.6 Å². The molecule has 0 radical (unpaired) electrons. The maximum absolute atomic E-state index is 12.2. The van der Waals surface area contributed by atoms with Crippen LogP contribution in [0.3, 0.4) is 0 Å². The van der Waals surface area contributed by atoms with Crippen LogP contribution in [0.2, 0.25) is 0 Å². The van der Waals surface area contributed by atoms with Gasteiger partial charge in [0.2, 0.25) is 0 Å². The van der Waals surface area contributed by atoms with Crippen molar-refractivity contribution in [2.75, 3.05) is 5.32 Å². The first-order valence-electron chi connectivity index (χ1n) is 7.32. The van der Waals surface area contributed by atoms with E-state index in [1.165, 1.54) is 0 Å². The predicted octanol–water partition coefficient (Wildman–Crippen LogP) is 3.78. The fraction of sp³-hybridized carbons (Fsp3) is 0.278. The second-order valence-corrected chi connectivity index (χ2v) is 5.45. The summed E-state index contributed by atoms with van der Waals surface area (Å²) in [5.41, 5.74) is 1.97. The van der Waals surface area contributed by atoms with E-state index in [0.29, 0.717) is 11.3 Å². The Labute approximate surface area is 130 Å². The van der Waals surface area contributed by atoms with Gasteiger partial charge in [-0.3, -0.25) is 4.79 Å². The highest BCUT2D eigenvalue weighted by molar-refractivity contribution is 6.04. The Kier molecular flexibility index (Phi) is 5.17. The van der Waals surface area contributed by atoms with Gasteiger partial charge in [-0.15, -0.1) is 0 Å². The van der Waals surface area contributed by atoms with Crippen molar-refractivity contribution in [3.8, 4) is 5.75 Å². The zero-order valence-electron chi connectivity index (χ0n) is 13.0. The number of anilines is 1. The quantitative estimate of drug-likeness (QED) is 0.883. The van der Waals surface area contributed by atoms with E-state index in [1.807, 2.05) is 19.9 Å². The minimum Gasteiger partial charge on any atom is -0.491 e. The summed E-state index contributed by atoms with van der Waals surface area (Å²) in [7, 11) is 0. The second kappa shape index (κ2) is 7.09. The number of hydrogen-bond donors (Lipinski definition) is 2. The number of amides is 1. The number of hydrogen-bond acceptors (Lipinski definition) is 3. The monoisotopic (exact) mass is 299 g/mol. The molecule has 4 nitrogen and oxygen atoms in total. The summed E-state index contributed by atoms with van der Waals surface area (Å²) in [6.07, 6.45) is -0.466. The van der Waals surface area contributed by atoms with Gasteiger partial charge in [-0.1, -0.05) is 12.1 Å². The van der Waals surface area contributed by atoms with Gasteiger partial charge >= 0.3 is 0 Å². The molecule has 4 heteroatoms. The van der Waals surface area contributed by atoms with E-state index >= 15 is 0 Å². The van der Waals surface area contributed by atoms with Crippen molar-refractivity contribution in [3.63, 3.8) is 0 Å². The maximum atomic E-state index is 12.2. The lowest BCUT2D eigenvalue weighted by Crippen LogP contribution is -2.12. The summed E-state index contributed by atoms with van der Waals surface area (Å²) in [6, 6.07) is 14.2. The Morgan fingerprint density at radius 1 is 1.09 bits per heavy atom. The van der Waals surface area contributed by atoms with Crippen molar-refractivity contribution in [1.82, 2.24) is 0 Å². The molecule has 0 aliphatic heterocycles. The van der Waals surface area contributed by atoms with Crippen LogP contribution in [-0.2, 0) is 0 Å². The van der Waals surface area contributed by atoms with Crippen molar-refractivity contribution >= 4 is 11.6 Å². The number of aliphatic hydroxyl groups excluding tert-OH is 1. The molecular formula is C18H21NO3. The number of nitrogens with one attached hydrogen (secondary N) is 1. The van der Waals surface area contributed by atoms with Gasteiger partial charge in [0.05, 0.1) is 12.2 Å². The number of benzene rings is 2. The molecule has 2 rings (SSSR count). The Morgan fingerprint density at radius 3 is 2.36 bits per heavy atom. The van der Waals surface area contributed by atoms with Gasteiger partial charge in [-0.2, -0.15) is 0 Å². The smallest absolute Gasteiger partial charge is 0.255 e. The lowest BCUT2D eigenvalue weighted by molar-refractivity contribution is 0.102. The molecule has 0 spiro atoms. The molecule has 1 atom stereocenters. The molecule has 0 fully saturated rings. The molecule has 2 aromatic rings. The lowest BCUT2D eigenvalue weighted by atomic mass is 10.1. The third-order valence-electron chi connectivity index (χ3n) is 3.12. The number of aliphatic hydroxyl groups is 1. The maximum Gasteiger partial charge on any atom is 0.255 e. The molecule has 0 heterocycles. The molecule has 0 saturated heterocycles. The van der Waals surface area contributed by atoms with E-state index in [0.717, 1.165) is 11.3 Å². The summed E-state index contributed by atoms with van der Waals surface area (Å²) in [5, 5.41) is 12.4. The van der Waals surface area contributed by atoms with Crippen LogP contribution in [0.4, 0.5) is 5.69 Å². The summed E-state index contributed by atoms with van der Waals surface area (Å²) in [5.74, 6) is 0.543. The Bertz CT molecular complexity index is 633. The van der Waals surface area contributed by atoms with Gasteiger partial charge in [0.1, 0.15) is 5.75 Å². The second-order valence-electron chi connectivity index (χ2n) is 5.45. The number of rotatable bonds is 5. The van der Waals surface area contributed by atoms with E-state index in [4.69, 9.17) is 4.74 Å². The minimum atomic E-state index is -0.565. The standard InChI is InChI=1S/C18H21NO3/c1-12(2)22-17-9-7-14(8-10-17)18(21)19-16-6-4-5-15(11-16)13(3)20/h4-13,20H,1-3H3,(H,19,21)/t13-/m1/s1. The molecular weight excluding hydrogens is 278 g/mol. The average molecular weight is 299 g/mol. The van der Waals surface area contributed by atoms with Crippen molar-refractivity contribution in [3.05, 3.63) is 59.7 Å². The zero-order chi connectivity index (χ0) is 16.1. The molecule has 116 valence electrons. The van der Waals surface area contributed by atoms with Crippen LogP contribution in [0.5, 0.6) is 5.75 Å². The molecule has 0 saturated carbocycles. The highest BCUT2D eigenvalue weighted by Gasteiger charge is 2.08. The van der Waals surface area contributed by atoms with Gasteiger partial charge in [-0.25, -0.2) is 0 Å². The lowest BCUT2D eigenvalue weighted by Gasteiger charge is -2.11. The summed E-state index contributed by atoms with van der Waals surface area (Å²) in [4.78, 5) is 12.2. The first-order chi connectivity index (χ1) is 10.5. The van der Waals surface area contributed by atoms with Gasteiger partial charge in [0.25, 0.3) is 5.91 Å². The summed E-state index contributed by atoms with van der Waals surface area (Å²) < 4.78 is 5.55. The fourth-order valence-corrected chi connectivity index (χ4v) is 2.04. The Morgan fingerprint density at radius 2 is 1.77 bits per heavy atom. The van der Waals surface area contributed by atoms with Gasteiger partial charge in [0, 0.05) is 11.3 Å². The van der Waals surface area contributed by atoms with Crippen molar-refractivity contribution < 1.29 is 14.6 Å². The van der Waals surface area contributed by atoms with Crippen LogP contribution in [0, 0.1) is 0 Å². The van der Waals surface area contributed by atoms with E-state index in [2.05, 4.69) is 5.32 Å². The highest BCUT2D eigenvalue weighted by Crippen LogP contribution is 2.19. The summed E-state index contributed by atoms with van der Waals surface area (Å²) >= 11 is 0. The third kappa shape index (κ3) is 4.33. The molecule has 22 heavy (non-hydrogen) atoms. The van der Waals surface area contributed by atoms with Crippen molar-refractivity contribution in [1.29, 1.82) is 0 Å². The van der Waals surface area contributed by atoms with E-state index < -0.39 is 6.10 Å². The van der Waals surface area contributed by atoms with E-state index in [9.17, 15) is 9.90 Å². The Hall–Kier alpha value is -2.33. The first kappa shape index (κ1) is 16.0. The van der Waals surface area contributed by atoms with E-state index in [1.54, 1.807) is 49.4 Å². The molecule has 2 N–H and O–H groups in total. The minimum absolute atomic E-state index is 0.0999. The van der Waals surface area contributed by atoms with Crippen LogP contribution in [-0.4, -0.2) is 17.1 Å².